The van der Waals surface area contributed by atoms with Crippen molar-refractivity contribution in [1.29, 1.82) is 5.26 Å². The highest BCUT2D eigenvalue weighted by Gasteiger charge is 2.30. The molecule has 0 saturated carbocycles. The van der Waals surface area contributed by atoms with E-state index in [4.69, 9.17) is 4.42 Å². The van der Waals surface area contributed by atoms with Crippen LogP contribution < -0.4 is 10.7 Å². The Morgan fingerprint density at radius 1 is 1.23 bits per heavy atom. The monoisotopic (exact) mass is 432 g/mol. The second-order valence-electron chi connectivity index (χ2n) is 8.34. The maximum atomic E-state index is 11.7. The maximum absolute atomic E-state index is 11.7. The molecule has 0 unspecified atom stereocenters. The molecule has 1 saturated heterocycles. The zero-order valence-electron chi connectivity index (χ0n) is 17.6. The number of anilines is 1. The molecule has 7 heteroatoms. The summed E-state index contributed by atoms with van der Waals surface area (Å²) in [7, 11) is 0. The lowest BCUT2D eigenvalue weighted by Gasteiger charge is -2.45. The van der Waals surface area contributed by atoms with E-state index in [9.17, 15) is 10.1 Å². The van der Waals surface area contributed by atoms with Gasteiger partial charge in [0.05, 0.1) is 22.8 Å². The van der Waals surface area contributed by atoms with Gasteiger partial charge in [-0.1, -0.05) is 6.07 Å². The summed E-state index contributed by atoms with van der Waals surface area (Å²) in [5, 5.41) is 12.7. The van der Waals surface area contributed by atoms with Gasteiger partial charge in [0.1, 0.15) is 0 Å². The number of thiophene rings is 1. The van der Waals surface area contributed by atoms with Crippen molar-refractivity contribution < 1.29 is 4.42 Å². The number of oxazole rings is 1. The average molecular weight is 433 g/mol. The maximum Gasteiger partial charge on any atom is 0.417 e. The van der Waals surface area contributed by atoms with E-state index in [0.717, 1.165) is 37.3 Å². The van der Waals surface area contributed by atoms with E-state index in [1.54, 1.807) is 11.3 Å². The van der Waals surface area contributed by atoms with Crippen molar-refractivity contribution in [3.63, 3.8) is 0 Å². The first-order chi connectivity index (χ1) is 15.0. The molecule has 2 atom stereocenters. The van der Waals surface area contributed by atoms with Gasteiger partial charge in [0.2, 0.25) is 0 Å². The first kappa shape index (κ1) is 19.9. The van der Waals surface area contributed by atoms with Crippen molar-refractivity contribution in [3.05, 3.63) is 63.5 Å². The molecule has 1 N–H and O–H groups in total. The van der Waals surface area contributed by atoms with Crippen molar-refractivity contribution >= 4 is 38.2 Å². The summed E-state index contributed by atoms with van der Waals surface area (Å²) >= 11 is 1.75. The van der Waals surface area contributed by atoms with Crippen LogP contribution in [0, 0.1) is 11.3 Å². The minimum atomic E-state index is -0.412. The lowest BCUT2D eigenvalue weighted by molar-refractivity contribution is 0.134. The molecule has 0 radical (unpaired) electrons. The van der Waals surface area contributed by atoms with Gasteiger partial charge in [0.15, 0.2) is 5.58 Å². The van der Waals surface area contributed by atoms with E-state index < -0.39 is 5.76 Å². The highest BCUT2D eigenvalue weighted by Crippen LogP contribution is 2.30. The number of benzene rings is 2. The van der Waals surface area contributed by atoms with Gasteiger partial charge >= 0.3 is 5.76 Å². The van der Waals surface area contributed by atoms with Crippen LogP contribution in [0.3, 0.4) is 0 Å². The Balaban J connectivity index is 1.33. The SMILES string of the molecule is C[C@@H]1CN(c2cccc3[nH]c(=O)oc23)C[C@H](C)N1CCc1csc2ccc(C#N)cc12. The van der Waals surface area contributed by atoms with Crippen LogP contribution in [0.15, 0.2) is 51.0 Å². The lowest BCUT2D eigenvalue weighted by Crippen LogP contribution is -2.57. The predicted molar refractivity (Wildman–Crippen MR) is 125 cm³/mol. The number of H-pyrrole nitrogens is 1. The van der Waals surface area contributed by atoms with Crippen molar-refractivity contribution in [2.24, 2.45) is 0 Å². The van der Waals surface area contributed by atoms with Gasteiger partial charge in [0, 0.05) is 36.4 Å². The van der Waals surface area contributed by atoms with Crippen LogP contribution in [-0.4, -0.2) is 41.6 Å². The van der Waals surface area contributed by atoms with E-state index in [1.165, 1.54) is 15.6 Å². The predicted octanol–water partition coefficient (Wildman–Crippen LogP) is 4.35. The molecular weight excluding hydrogens is 408 g/mol. The molecule has 0 spiro atoms. The molecule has 2 aromatic heterocycles. The molecule has 158 valence electrons. The molecule has 1 aliphatic rings. The standard InChI is InChI=1S/C24H24N4O2S/c1-15-12-27(21-5-3-4-20-23(21)30-24(29)26-20)13-16(2)28(15)9-8-18-14-31-22-7-6-17(11-25)10-19(18)22/h3-7,10,14-16H,8-9,12-13H2,1-2H3,(H,26,29)/t15-,16+. The van der Waals surface area contributed by atoms with Crippen LogP contribution in [0.1, 0.15) is 25.0 Å². The van der Waals surface area contributed by atoms with Crippen LogP contribution >= 0.6 is 11.3 Å². The van der Waals surface area contributed by atoms with Crippen LogP contribution in [0.2, 0.25) is 0 Å². The Labute approximate surface area is 184 Å². The third-order valence-corrected chi connectivity index (χ3v) is 7.30. The molecule has 2 aromatic carbocycles. The lowest BCUT2D eigenvalue weighted by atomic mass is 10.0. The Morgan fingerprint density at radius 2 is 2.03 bits per heavy atom. The summed E-state index contributed by atoms with van der Waals surface area (Å²) in [6, 6.07) is 14.8. The van der Waals surface area contributed by atoms with E-state index in [2.05, 4.69) is 40.1 Å². The van der Waals surface area contributed by atoms with Gasteiger partial charge in [-0.3, -0.25) is 9.88 Å². The largest absolute Gasteiger partial charge is 0.417 e. The third kappa shape index (κ3) is 3.62. The number of para-hydroxylation sites is 1. The Hall–Kier alpha value is -3.08. The summed E-state index contributed by atoms with van der Waals surface area (Å²) in [5.74, 6) is -0.412. The normalized spacial score (nSPS) is 19.8. The highest BCUT2D eigenvalue weighted by atomic mass is 32.1. The summed E-state index contributed by atoms with van der Waals surface area (Å²) in [6.45, 7) is 7.25. The van der Waals surface area contributed by atoms with E-state index >= 15 is 0 Å². The number of nitrogens with one attached hydrogen (secondary N) is 1. The fraction of sp³-hybridized carbons (Fsp3) is 0.333. The molecule has 5 rings (SSSR count). The quantitative estimate of drug-likeness (QED) is 0.519. The number of rotatable bonds is 4. The van der Waals surface area contributed by atoms with Crippen LogP contribution in [0.5, 0.6) is 0 Å². The smallest absolute Gasteiger partial charge is 0.406 e. The van der Waals surface area contributed by atoms with Gasteiger partial charge in [-0.05, 0) is 66.9 Å². The summed E-state index contributed by atoms with van der Waals surface area (Å²) in [5.41, 5.74) is 4.39. The summed E-state index contributed by atoms with van der Waals surface area (Å²) in [4.78, 5) is 19.3. The first-order valence-electron chi connectivity index (χ1n) is 10.6. The van der Waals surface area contributed by atoms with E-state index in [0.29, 0.717) is 23.2 Å². The van der Waals surface area contributed by atoms with Crippen LogP contribution in [0.25, 0.3) is 21.2 Å². The molecule has 0 aliphatic carbocycles. The van der Waals surface area contributed by atoms with E-state index in [1.807, 2.05) is 36.4 Å². The minimum absolute atomic E-state index is 0.365. The van der Waals surface area contributed by atoms with E-state index in [-0.39, 0.29) is 0 Å². The average Bonchev–Trinajstić information content (AvgIpc) is 3.34. The first-order valence-corrected chi connectivity index (χ1v) is 11.4. The zero-order chi connectivity index (χ0) is 21.5. The number of hydrogen-bond acceptors (Lipinski definition) is 6. The Morgan fingerprint density at radius 3 is 2.81 bits per heavy atom. The second kappa shape index (κ2) is 7.88. The number of aromatic amines is 1. The topological polar surface area (TPSA) is 76.3 Å². The molecule has 3 heterocycles. The fourth-order valence-corrected chi connectivity index (χ4v) is 5.77. The highest BCUT2D eigenvalue weighted by molar-refractivity contribution is 7.17. The Kier molecular flexibility index (Phi) is 5.05. The minimum Gasteiger partial charge on any atom is -0.406 e. The van der Waals surface area contributed by atoms with Gasteiger partial charge in [-0.25, -0.2) is 4.79 Å². The van der Waals surface area contributed by atoms with Gasteiger partial charge in [-0.15, -0.1) is 11.3 Å². The number of piperazine rings is 1. The van der Waals surface area contributed by atoms with Crippen molar-refractivity contribution in [2.45, 2.75) is 32.4 Å². The molecule has 4 aromatic rings. The van der Waals surface area contributed by atoms with Gasteiger partial charge in [-0.2, -0.15) is 5.26 Å². The van der Waals surface area contributed by atoms with Crippen molar-refractivity contribution in [1.82, 2.24) is 9.88 Å². The molecule has 0 amide bonds. The van der Waals surface area contributed by atoms with Gasteiger partial charge < -0.3 is 9.32 Å². The number of aromatic nitrogens is 1. The fourth-order valence-electron chi connectivity index (χ4n) is 4.80. The van der Waals surface area contributed by atoms with Gasteiger partial charge in [0.25, 0.3) is 0 Å². The summed E-state index contributed by atoms with van der Waals surface area (Å²) < 4.78 is 6.65. The molecule has 0 bridgehead atoms. The number of hydrogen-bond donors (Lipinski definition) is 1. The van der Waals surface area contributed by atoms with Crippen LogP contribution in [0.4, 0.5) is 5.69 Å². The Bertz CT molecular complexity index is 1330. The molecular formula is C24H24N4O2S. The molecule has 31 heavy (non-hydrogen) atoms. The summed E-state index contributed by atoms with van der Waals surface area (Å²) in [6.07, 6.45) is 0.964. The molecule has 1 fully saturated rings. The molecule has 1 aliphatic heterocycles. The number of fused-ring (bicyclic) bond motifs is 2. The molecule has 6 nitrogen and oxygen atoms in total. The zero-order valence-corrected chi connectivity index (χ0v) is 18.4. The number of nitrogens with zero attached hydrogens (tertiary/aromatic N) is 3. The number of nitriles is 1. The third-order valence-electron chi connectivity index (χ3n) is 6.29. The van der Waals surface area contributed by atoms with Crippen LogP contribution in [-0.2, 0) is 6.42 Å². The van der Waals surface area contributed by atoms with Crippen molar-refractivity contribution in [3.8, 4) is 6.07 Å². The van der Waals surface area contributed by atoms with Crippen molar-refractivity contribution in [2.75, 3.05) is 24.5 Å². The second-order valence-corrected chi connectivity index (χ2v) is 9.25.